The molecular weight excluding hydrogens is 537 g/mol. The van der Waals surface area contributed by atoms with Gasteiger partial charge in [0.05, 0.1) is 11.1 Å². The van der Waals surface area contributed by atoms with Crippen LogP contribution in [0.3, 0.4) is 0 Å². The van der Waals surface area contributed by atoms with Crippen molar-refractivity contribution in [1.82, 2.24) is 14.4 Å². The lowest BCUT2D eigenvalue weighted by molar-refractivity contribution is -0.360. The maximum absolute atomic E-state index is 16.9. The summed E-state index contributed by atoms with van der Waals surface area (Å²) < 4.78 is 36.0. The van der Waals surface area contributed by atoms with Crippen LogP contribution in [0.2, 0.25) is 5.15 Å². The molecule has 4 nitrogen and oxygen atoms in total. The van der Waals surface area contributed by atoms with Crippen LogP contribution in [-0.4, -0.2) is 31.6 Å². The third-order valence-corrected chi connectivity index (χ3v) is 7.55. The molecule has 41 heavy (non-hydrogen) atoms. The first-order valence-electron chi connectivity index (χ1n) is 13.1. The minimum absolute atomic E-state index is 0.133. The molecule has 0 aliphatic carbocycles. The van der Waals surface area contributed by atoms with Crippen molar-refractivity contribution in [1.29, 1.82) is 0 Å². The zero-order valence-electron chi connectivity index (χ0n) is 21.5. The summed E-state index contributed by atoms with van der Waals surface area (Å²) in [6, 6.07) is 31.3. The van der Waals surface area contributed by atoms with Crippen molar-refractivity contribution in [2.45, 2.75) is 0 Å². The largest absolute Gasteiger partial charge is 0.737 e. The summed E-state index contributed by atoms with van der Waals surface area (Å²) in [6.07, 6.45) is 4.78. The predicted molar refractivity (Wildman–Crippen MR) is 159 cm³/mol. The molecule has 5 aromatic rings. The predicted octanol–water partition coefficient (Wildman–Crippen LogP) is 7.07. The molecule has 0 atom stereocenters. The second-order valence-corrected chi connectivity index (χ2v) is 10.0. The lowest BCUT2D eigenvalue weighted by Gasteiger charge is -2.33. The minimum atomic E-state index is -4.31. The number of fused-ring (bicyclic) bond motifs is 2. The number of halogens is 3. The first-order valence-corrected chi connectivity index (χ1v) is 13.4. The lowest BCUT2D eigenvalue weighted by atomic mass is 9.85. The average molecular weight is 557 g/mol. The number of rotatable bonds is 3. The molecule has 7 rings (SSSR count). The van der Waals surface area contributed by atoms with Gasteiger partial charge in [0.15, 0.2) is 11.4 Å². The quantitative estimate of drug-likeness (QED) is 0.135. The number of aromatic nitrogens is 3. The summed E-state index contributed by atoms with van der Waals surface area (Å²) in [5, 5.41) is 0.133. The molecular formula is C33H20BClF2N4. The smallest absolute Gasteiger partial charge is 0.389 e. The van der Waals surface area contributed by atoms with Gasteiger partial charge in [0.25, 0.3) is 0 Å². The number of nitrogens with zero attached hydrogens (tertiary/aromatic N) is 4. The summed E-state index contributed by atoms with van der Waals surface area (Å²) in [5.41, 5.74) is 4.82. The molecule has 4 heterocycles. The van der Waals surface area contributed by atoms with Crippen LogP contribution in [-0.2, 0) is 0 Å². The summed E-state index contributed by atoms with van der Waals surface area (Å²) in [7, 11) is 0. The van der Waals surface area contributed by atoms with E-state index in [1.54, 1.807) is 24.3 Å². The molecule has 0 fully saturated rings. The van der Waals surface area contributed by atoms with Crippen molar-refractivity contribution >= 4 is 29.9 Å². The zero-order chi connectivity index (χ0) is 28.0. The Bertz CT molecular complexity index is 1970. The summed E-state index contributed by atoms with van der Waals surface area (Å²) in [4.78, 5) is 8.70. The molecule has 0 spiro atoms. The molecule has 0 N–H and O–H groups in total. The van der Waals surface area contributed by atoms with Gasteiger partial charge in [-0.05, 0) is 47.9 Å². The van der Waals surface area contributed by atoms with Crippen molar-refractivity contribution in [2.24, 2.45) is 0 Å². The van der Waals surface area contributed by atoms with Crippen LogP contribution >= 0.6 is 11.6 Å². The van der Waals surface area contributed by atoms with Gasteiger partial charge in [-0.1, -0.05) is 84.3 Å². The van der Waals surface area contributed by atoms with Crippen molar-refractivity contribution < 1.29 is 13.1 Å². The Balaban J connectivity index is 1.55. The van der Waals surface area contributed by atoms with Crippen LogP contribution in [0.25, 0.3) is 16.8 Å². The van der Waals surface area contributed by atoms with Gasteiger partial charge in [0.2, 0.25) is 0 Å². The van der Waals surface area contributed by atoms with Gasteiger partial charge < -0.3 is 17.6 Å². The van der Waals surface area contributed by atoms with E-state index in [-0.39, 0.29) is 5.15 Å². The average Bonchev–Trinajstić information content (AvgIpc) is 3.66. The first kappa shape index (κ1) is 24.9. The number of benzene rings is 3. The molecule has 2 aliphatic rings. The van der Waals surface area contributed by atoms with Gasteiger partial charge in [-0.2, -0.15) is 0 Å². The van der Waals surface area contributed by atoms with E-state index in [2.05, 4.69) is 21.8 Å². The highest BCUT2D eigenvalue weighted by Crippen LogP contribution is 2.44. The molecule has 0 saturated heterocycles. The highest BCUT2D eigenvalue weighted by atomic mass is 35.5. The fraction of sp³-hybridized carbons (Fsp3) is 0. The fourth-order valence-corrected chi connectivity index (χ4v) is 5.73. The topological polar surface area (TPSA) is 33.7 Å². The normalized spacial score (nSPS) is 14.9. The van der Waals surface area contributed by atoms with Gasteiger partial charge in [-0.3, -0.25) is 0 Å². The van der Waals surface area contributed by atoms with E-state index in [1.165, 1.54) is 6.33 Å². The summed E-state index contributed by atoms with van der Waals surface area (Å²) in [5.74, 6) is 6.24. The standard InChI is InChI=1S/C33H20BClF2N4/c35-33-31(26(38-22-39-33)17-16-23-10-4-1-5-11-23)32-29-20-18-27(24-12-6-2-7-13-24)40(29)34(36,37)41-28(19-21-30(32)41)25-14-8-3-9-15-25/h1-15,18-22H. The molecule has 2 aliphatic heterocycles. The van der Waals surface area contributed by atoms with Crippen molar-refractivity contribution in [3.8, 4) is 23.1 Å². The highest BCUT2D eigenvalue weighted by molar-refractivity contribution is 6.59. The maximum Gasteiger partial charge on any atom is 0.737 e. The van der Waals surface area contributed by atoms with E-state index in [9.17, 15) is 0 Å². The van der Waals surface area contributed by atoms with Crippen LogP contribution in [0.4, 0.5) is 8.63 Å². The maximum atomic E-state index is 16.9. The second kappa shape index (κ2) is 9.85. The van der Waals surface area contributed by atoms with E-state index >= 15 is 8.63 Å². The lowest BCUT2D eigenvalue weighted by Crippen LogP contribution is -2.51. The van der Waals surface area contributed by atoms with E-state index in [1.807, 2.05) is 91.0 Å². The minimum Gasteiger partial charge on any atom is -0.389 e. The van der Waals surface area contributed by atoms with Crippen LogP contribution in [0.5, 0.6) is 0 Å². The molecule has 0 unspecified atom stereocenters. The first-order chi connectivity index (χ1) is 20.0. The third-order valence-electron chi connectivity index (χ3n) is 7.26. The van der Waals surface area contributed by atoms with Gasteiger partial charge >= 0.3 is 6.97 Å². The van der Waals surface area contributed by atoms with Crippen LogP contribution < -0.4 is 0 Å². The molecule has 0 bridgehead atoms. The Morgan fingerprint density at radius 1 is 0.707 bits per heavy atom. The number of hydrogen-bond donors (Lipinski definition) is 0. The highest BCUT2D eigenvalue weighted by Gasteiger charge is 2.55. The van der Waals surface area contributed by atoms with E-state index in [4.69, 9.17) is 11.6 Å². The third kappa shape index (κ3) is 4.12. The fourth-order valence-electron chi connectivity index (χ4n) is 5.50. The Labute approximate surface area is 240 Å². The molecule has 8 heteroatoms. The van der Waals surface area contributed by atoms with Crippen LogP contribution in [0.15, 0.2) is 127 Å². The number of allylic oxidation sites excluding steroid dienone is 2. The number of hydrogen-bond acceptors (Lipinski definition) is 2. The second-order valence-electron chi connectivity index (χ2n) is 9.65. The van der Waals surface area contributed by atoms with Crippen molar-refractivity contribution in [3.63, 3.8) is 0 Å². The summed E-state index contributed by atoms with van der Waals surface area (Å²) in [6.45, 7) is -4.31. The Morgan fingerprint density at radius 2 is 1.34 bits per heavy atom. The Kier molecular flexibility index (Phi) is 5.99. The molecule has 0 saturated carbocycles. The molecule has 0 amide bonds. The Hall–Kier alpha value is -5.06. The SMILES string of the molecule is F[B-]1(F)n2c(ccc2-c2ccccc2)C(c2c(Cl)ncnc2C#Cc2ccccc2)=C2C=CC(c3ccccc3)=[N+]21. The zero-order valence-corrected chi connectivity index (χ0v) is 22.3. The van der Waals surface area contributed by atoms with E-state index in [0.29, 0.717) is 50.8 Å². The van der Waals surface area contributed by atoms with Crippen LogP contribution in [0.1, 0.15) is 28.1 Å². The molecule has 2 aromatic heterocycles. The summed E-state index contributed by atoms with van der Waals surface area (Å²) >= 11 is 6.76. The van der Waals surface area contributed by atoms with Gasteiger partial charge in [-0.15, -0.1) is 0 Å². The van der Waals surface area contributed by atoms with Crippen LogP contribution in [0, 0.1) is 11.8 Å². The van der Waals surface area contributed by atoms with Gasteiger partial charge in [0.1, 0.15) is 17.2 Å². The molecule has 3 aromatic carbocycles. The van der Waals surface area contributed by atoms with Crippen molar-refractivity contribution in [2.75, 3.05) is 0 Å². The molecule has 0 radical (unpaired) electrons. The van der Waals surface area contributed by atoms with Gasteiger partial charge in [-0.25, -0.2) is 9.97 Å². The van der Waals surface area contributed by atoms with Gasteiger partial charge in [0, 0.05) is 34.7 Å². The monoisotopic (exact) mass is 556 g/mol. The van der Waals surface area contributed by atoms with E-state index in [0.717, 1.165) is 14.5 Å². The Morgan fingerprint density at radius 3 is 2.05 bits per heavy atom. The molecule has 196 valence electrons. The van der Waals surface area contributed by atoms with E-state index < -0.39 is 6.97 Å². The van der Waals surface area contributed by atoms with Crippen molar-refractivity contribution in [3.05, 3.63) is 161 Å².